The molecule has 5 amide bonds. The van der Waals surface area contributed by atoms with Crippen LogP contribution in [0, 0.1) is 11.2 Å². The third-order valence-corrected chi connectivity index (χ3v) is 7.53. The third kappa shape index (κ3) is 2.92. The highest BCUT2D eigenvalue weighted by Gasteiger charge is 2.63. The number of aromatic nitrogens is 1. The van der Waals surface area contributed by atoms with E-state index in [4.69, 9.17) is 14.0 Å². The molecular weight excluding hydrogens is 477 g/mol. The summed E-state index contributed by atoms with van der Waals surface area (Å²) >= 11 is 0. The molecule has 3 saturated heterocycles. The van der Waals surface area contributed by atoms with Crippen LogP contribution in [0.1, 0.15) is 32.8 Å². The number of fused-ring (bicyclic) bond motifs is 5. The van der Waals surface area contributed by atoms with Crippen molar-refractivity contribution in [2.24, 2.45) is 5.41 Å². The van der Waals surface area contributed by atoms with E-state index in [0.717, 1.165) is 0 Å². The molecule has 190 valence electrons. The number of anilines is 2. The molecule has 6 rings (SSSR count). The summed E-state index contributed by atoms with van der Waals surface area (Å²) < 4.78 is 32.8. The van der Waals surface area contributed by atoms with Gasteiger partial charge in [-0.25, -0.2) is 14.0 Å². The predicted octanol–water partition coefficient (Wildman–Crippen LogP) is 1.59. The zero-order valence-corrected chi connectivity index (χ0v) is 19.8. The smallest absolute Gasteiger partial charge is 0.416 e. The van der Waals surface area contributed by atoms with Crippen LogP contribution in [0.2, 0.25) is 0 Å². The molecule has 1 spiro atoms. The van der Waals surface area contributed by atoms with Crippen LogP contribution in [-0.4, -0.2) is 66.5 Å². The Hall–Kier alpha value is -3.74. The number of hydrogen-bond donors (Lipinski definition) is 2. The lowest BCUT2D eigenvalue weighted by Crippen LogP contribution is -2.75. The van der Waals surface area contributed by atoms with Crippen molar-refractivity contribution in [3.05, 3.63) is 17.4 Å². The minimum absolute atomic E-state index is 0.0975. The topological polar surface area (TPSA) is 143 Å². The van der Waals surface area contributed by atoms with E-state index in [1.165, 1.54) is 4.90 Å². The van der Waals surface area contributed by atoms with Gasteiger partial charge in [0.25, 0.3) is 0 Å². The molecule has 0 saturated carbocycles. The summed E-state index contributed by atoms with van der Waals surface area (Å²) in [5.74, 6) is -2.17. The van der Waals surface area contributed by atoms with Gasteiger partial charge >= 0.3 is 12.1 Å². The standard InChI is InChI=1S/C23H24FN5O7/c1-4-12-8-29(22(33)35-12)18-13-5-11-6-23(19(30)25-21(32)26-20(23)31)17-10(3)34-9(2)7-28(17)15(11)14(24)16(13)36-27-18/h5,9-10,12,17H,4,6-8H2,1-3H3,(H2,25,26,30,31,32)/t9-,10+,12+,17-/m1/s1. The van der Waals surface area contributed by atoms with Crippen LogP contribution in [0.25, 0.3) is 11.0 Å². The van der Waals surface area contributed by atoms with Crippen molar-refractivity contribution in [1.82, 2.24) is 15.8 Å². The van der Waals surface area contributed by atoms with E-state index >= 15 is 4.39 Å². The highest BCUT2D eigenvalue weighted by molar-refractivity contribution is 6.20. The van der Waals surface area contributed by atoms with Gasteiger partial charge in [-0.3, -0.25) is 25.1 Å². The van der Waals surface area contributed by atoms with Crippen LogP contribution in [0.5, 0.6) is 0 Å². The van der Waals surface area contributed by atoms with Crippen LogP contribution < -0.4 is 20.4 Å². The molecule has 0 bridgehead atoms. The molecule has 2 N–H and O–H groups in total. The van der Waals surface area contributed by atoms with E-state index < -0.39 is 47.3 Å². The molecule has 13 heteroatoms. The molecule has 36 heavy (non-hydrogen) atoms. The van der Waals surface area contributed by atoms with Gasteiger partial charge in [0.2, 0.25) is 17.4 Å². The Labute approximate surface area is 204 Å². The number of benzene rings is 1. The van der Waals surface area contributed by atoms with Crippen LogP contribution in [0.15, 0.2) is 10.6 Å². The number of carbonyl (C=O) groups excluding carboxylic acids is 4. The molecule has 0 radical (unpaired) electrons. The van der Waals surface area contributed by atoms with Gasteiger partial charge < -0.3 is 18.9 Å². The summed E-state index contributed by atoms with van der Waals surface area (Å²) in [6.07, 6.45) is -1.53. The molecule has 5 heterocycles. The first kappa shape index (κ1) is 22.7. The van der Waals surface area contributed by atoms with Crippen LogP contribution in [-0.2, 0) is 25.5 Å². The molecule has 4 aliphatic heterocycles. The number of ether oxygens (including phenoxy) is 2. The van der Waals surface area contributed by atoms with Crippen molar-refractivity contribution in [3.8, 4) is 0 Å². The van der Waals surface area contributed by atoms with Crippen LogP contribution in [0.3, 0.4) is 0 Å². The monoisotopic (exact) mass is 501 g/mol. The van der Waals surface area contributed by atoms with Crippen molar-refractivity contribution < 1.29 is 37.6 Å². The molecule has 1 aromatic heterocycles. The molecule has 0 aliphatic carbocycles. The summed E-state index contributed by atoms with van der Waals surface area (Å²) in [6.45, 7) is 5.82. The van der Waals surface area contributed by atoms with E-state index in [1.54, 1.807) is 17.9 Å². The minimum Gasteiger partial charge on any atom is -0.444 e. The Balaban J connectivity index is 1.55. The fraction of sp³-hybridized carbons (Fsp3) is 0.522. The van der Waals surface area contributed by atoms with Crippen molar-refractivity contribution in [2.45, 2.75) is 58.0 Å². The summed E-state index contributed by atoms with van der Waals surface area (Å²) in [4.78, 5) is 53.9. The van der Waals surface area contributed by atoms with Gasteiger partial charge in [0.05, 0.1) is 35.9 Å². The van der Waals surface area contributed by atoms with Gasteiger partial charge in [0, 0.05) is 13.0 Å². The number of barbiturate groups is 1. The van der Waals surface area contributed by atoms with Gasteiger partial charge in [-0.2, -0.15) is 0 Å². The van der Waals surface area contributed by atoms with E-state index in [9.17, 15) is 19.2 Å². The molecule has 12 nitrogen and oxygen atoms in total. The number of morpholine rings is 1. The highest BCUT2D eigenvalue weighted by Crippen LogP contribution is 2.49. The minimum atomic E-state index is -1.75. The van der Waals surface area contributed by atoms with Crippen LogP contribution in [0.4, 0.5) is 25.5 Å². The number of imide groups is 2. The Kier molecular flexibility index (Phi) is 4.81. The number of urea groups is 1. The molecule has 0 unspecified atom stereocenters. The molecular formula is C23H24FN5O7. The van der Waals surface area contributed by atoms with Crippen LogP contribution >= 0.6 is 0 Å². The fourth-order valence-electron chi connectivity index (χ4n) is 6.04. The van der Waals surface area contributed by atoms with Gasteiger partial charge in [0.1, 0.15) is 6.10 Å². The third-order valence-electron chi connectivity index (χ3n) is 7.53. The van der Waals surface area contributed by atoms with E-state index in [1.807, 2.05) is 13.8 Å². The normalized spacial score (nSPS) is 29.2. The largest absolute Gasteiger partial charge is 0.444 e. The second kappa shape index (κ2) is 7.63. The molecule has 3 fully saturated rings. The number of hydrogen-bond acceptors (Lipinski definition) is 9. The number of carbonyl (C=O) groups is 4. The number of rotatable bonds is 2. The number of amides is 5. The first-order valence-electron chi connectivity index (χ1n) is 11.8. The molecule has 4 atom stereocenters. The number of nitrogens with one attached hydrogen (secondary N) is 2. The fourth-order valence-corrected chi connectivity index (χ4v) is 6.04. The Bertz CT molecular complexity index is 1320. The first-order valence-corrected chi connectivity index (χ1v) is 11.8. The lowest BCUT2D eigenvalue weighted by molar-refractivity contribution is -0.153. The molecule has 4 aliphatic rings. The van der Waals surface area contributed by atoms with Gasteiger partial charge in [-0.15, -0.1) is 0 Å². The highest BCUT2D eigenvalue weighted by atomic mass is 19.1. The number of halogens is 1. The van der Waals surface area contributed by atoms with Crippen molar-refractivity contribution in [2.75, 3.05) is 22.9 Å². The Morgan fingerprint density at radius 2 is 1.89 bits per heavy atom. The van der Waals surface area contributed by atoms with Crippen molar-refractivity contribution >= 4 is 46.4 Å². The first-order chi connectivity index (χ1) is 17.1. The van der Waals surface area contributed by atoms with E-state index in [-0.39, 0.29) is 54.2 Å². The van der Waals surface area contributed by atoms with Gasteiger partial charge in [-0.05, 0) is 31.9 Å². The average molecular weight is 501 g/mol. The lowest BCUT2D eigenvalue weighted by Gasteiger charge is -2.55. The second-order valence-electron chi connectivity index (χ2n) is 9.74. The average Bonchev–Trinajstić information content (AvgIpc) is 3.39. The summed E-state index contributed by atoms with van der Waals surface area (Å²) in [5, 5.41) is 8.59. The maximum Gasteiger partial charge on any atom is 0.416 e. The summed E-state index contributed by atoms with van der Waals surface area (Å²) in [6, 6.07) is -0.208. The lowest BCUT2D eigenvalue weighted by atomic mass is 9.66. The van der Waals surface area contributed by atoms with Gasteiger partial charge in [0.15, 0.2) is 17.1 Å². The van der Waals surface area contributed by atoms with Crippen molar-refractivity contribution in [3.63, 3.8) is 0 Å². The Morgan fingerprint density at radius 3 is 2.56 bits per heavy atom. The maximum atomic E-state index is 16.1. The zero-order valence-electron chi connectivity index (χ0n) is 19.8. The predicted molar refractivity (Wildman–Crippen MR) is 121 cm³/mol. The summed E-state index contributed by atoms with van der Waals surface area (Å²) in [7, 11) is 0. The number of cyclic esters (lactones) is 1. The second-order valence-corrected chi connectivity index (χ2v) is 9.74. The van der Waals surface area contributed by atoms with Gasteiger partial charge in [-0.1, -0.05) is 12.1 Å². The Morgan fingerprint density at radius 1 is 1.17 bits per heavy atom. The van der Waals surface area contributed by atoms with E-state index in [2.05, 4.69) is 15.8 Å². The molecule has 2 aromatic rings. The molecule has 1 aromatic carbocycles. The maximum absolute atomic E-state index is 16.1. The SMILES string of the molecule is CC[C@H]1CN(c2noc3c(F)c4c(cc23)CC2(C(=O)NC(=O)NC2=O)[C@H]2[C@H](C)O[C@H](C)CN42)C(=O)O1. The number of nitrogens with zero attached hydrogens (tertiary/aromatic N) is 3. The zero-order chi connectivity index (χ0) is 25.5. The van der Waals surface area contributed by atoms with Crippen molar-refractivity contribution in [1.29, 1.82) is 0 Å². The summed E-state index contributed by atoms with van der Waals surface area (Å²) in [5.41, 5.74) is -1.37. The quantitative estimate of drug-likeness (QED) is 0.587. The van der Waals surface area contributed by atoms with E-state index in [0.29, 0.717) is 12.0 Å².